The van der Waals surface area contributed by atoms with Crippen LogP contribution in [0.3, 0.4) is 0 Å². The number of hydrogen-bond donors (Lipinski definition) is 0. The van der Waals surface area contributed by atoms with Gasteiger partial charge in [0.05, 0.1) is 10.1 Å². The molecule has 0 atom stereocenters. The molecule has 5 heteroatoms. The van der Waals surface area contributed by atoms with Crippen LogP contribution in [0.2, 0.25) is 0 Å². The van der Waals surface area contributed by atoms with E-state index >= 15 is 0 Å². The first kappa shape index (κ1) is 16.3. The molecule has 13 heavy (non-hydrogen) atoms. The molecular formula is C8H17NaO3S. The molecule has 0 aromatic heterocycles. The number of rotatable bonds is 7. The predicted octanol–water partition coefficient (Wildman–Crippen LogP) is -1.10. The SMILES string of the molecule is CCCCCC[13CH2][13CH2]S(=O)(=O)[O-].[Na+]. The molecule has 0 amide bonds. The predicted molar refractivity (Wildman–Crippen MR) is 47.9 cm³/mol. The summed E-state index contributed by atoms with van der Waals surface area (Å²) in [5.74, 6) is -0.195. The van der Waals surface area contributed by atoms with Gasteiger partial charge in [-0.3, -0.25) is 0 Å². The van der Waals surface area contributed by atoms with Crippen LogP contribution in [0.15, 0.2) is 0 Å². The fourth-order valence-electron chi connectivity index (χ4n) is 1.06. The zero-order chi connectivity index (χ0) is 9.45. The second-order valence-electron chi connectivity index (χ2n) is 3.03. The monoisotopic (exact) mass is 218 g/mol. The first-order valence-corrected chi connectivity index (χ1v) is 6.07. The molecule has 0 radical (unpaired) electrons. The largest absolute Gasteiger partial charge is 1.00 e. The van der Waals surface area contributed by atoms with Crippen LogP contribution in [-0.2, 0) is 10.1 Å². The summed E-state index contributed by atoms with van der Waals surface area (Å²) in [6.45, 7) is 2.13. The molecule has 0 aromatic carbocycles. The maximum atomic E-state index is 10.2. The molecule has 3 nitrogen and oxygen atoms in total. The number of unbranched alkanes of at least 4 members (excludes halogenated alkanes) is 5. The van der Waals surface area contributed by atoms with Crippen LogP contribution in [-0.4, -0.2) is 18.7 Å². The van der Waals surface area contributed by atoms with Crippen molar-refractivity contribution in [1.29, 1.82) is 0 Å². The third kappa shape index (κ3) is 15.6. The maximum Gasteiger partial charge on any atom is 1.00 e. The molecule has 0 aliphatic rings. The molecule has 0 rings (SSSR count). The van der Waals surface area contributed by atoms with E-state index in [9.17, 15) is 13.0 Å². The molecule has 0 aromatic rings. The molecule has 0 saturated heterocycles. The van der Waals surface area contributed by atoms with E-state index in [1.54, 1.807) is 0 Å². The summed E-state index contributed by atoms with van der Waals surface area (Å²) in [5.41, 5.74) is 0. The molecular weight excluding hydrogens is 201 g/mol. The van der Waals surface area contributed by atoms with Crippen molar-refractivity contribution in [2.75, 3.05) is 5.75 Å². The third-order valence-electron chi connectivity index (χ3n) is 1.75. The van der Waals surface area contributed by atoms with Crippen molar-refractivity contribution in [3.8, 4) is 0 Å². The van der Waals surface area contributed by atoms with Crippen molar-refractivity contribution in [1.82, 2.24) is 0 Å². The van der Waals surface area contributed by atoms with Crippen molar-refractivity contribution >= 4 is 10.1 Å². The van der Waals surface area contributed by atoms with E-state index in [1.807, 2.05) is 0 Å². The molecule has 0 unspecified atom stereocenters. The second kappa shape index (κ2) is 9.46. The van der Waals surface area contributed by atoms with Gasteiger partial charge in [-0.2, -0.15) is 0 Å². The van der Waals surface area contributed by atoms with E-state index in [0.717, 1.165) is 19.3 Å². The fourth-order valence-corrected chi connectivity index (χ4v) is 1.62. The number of hydrogen-bond acceptors (Lipinski definition) is 3. The fraction of sp³-hybridized carbons (Fsp3) is 1.00. The Kier molecular flexibility index (Phi) is 11.9. The summed E-state index contributed by atoms with van der Waals surface area (Å²) in [6.07, 6.45) is 5.96. The summed E-state index contributed by atoms with van der Waals surface area (Å²) in [5, 5.41) is 0. The Labute approximate surface area is 103 Å². The zero-order valence-corrected chi connectivity index (χ0v) is 11.4. The smallest absolute Gasteiger partial charge is 0.748 e. The Hall–Kier alpha value is 0.910. The van der Waals surface area contributed by atoms with Gasteiger partial charge in [0.2, 0.25) is 0 Å². The molecule has 0 bridgehead atoms. The minimum atomic E-state index is -3.97. The van der Waals surface area contributed by atoms with E-state index in [2.05, 4.69) is 6.92 Å². The maximum absolute atomic E-state index is 10.2. The molecule has 0 aliphatic carbocycles. The molecule has 0 aliphatic heterocycles. The standard InChI is InChI=1S/C8H18O3S.Na/c1-2-3-4-5-6-7-8-12(9,10)11;/h2-8H2,1H3,(H,9,10,11);/q;+1/p-1/i7+1,8+1;. The van der Waals surface area contributed by atoms with Crippen LogP contribution in [0.1, 0.15) is 45.4 Å². The van der Waals surface area contributed by atoms with Crippen molar-refractivity contribution in [3.63, 3.8) is 0 Å². The molecule has 0 spiro atoms. The normalized spacial score (nSPS) is 10.9. The van der Waals surface area contributed by atoms with Gasteiger partial charge in [0.25, 0.3) is 0 Å². The Morgan fingerprint density at radius 2 is 1.46 bits per heavy atom. The van der Waals surface area contributed by atoms with E-state index in [4.69, 9.17) is 0 Å². The average molecular weight is 218 g/mol. The topological polar surface area (TPSA) is 57.2 Å². The Morgan fingerprint density at radius 1 is 1.00 bits per heavy atom. The van der Waals surface area contributed by atoms with E-state index in [1.165, 1.54) is 12.8 Å². The van der Waals surface area contributed by atoms with Crippen LogP contribution < -0.4 is 29.6 Å². The Balaban J connectivity index is 0. The molecule has 0 heterocycles. The van der Waals surface area contributed by atoms with Crippen LogP contribution in [0.5, 0.6) is 0 Å². The first-order chi connectivity index (χ1) is 5.56. The average Bonchev–Trinajstić information content (AvgIpc) is 1.94. The van der Waals surface area contributed by atoms with Crippen molar-refractivity contribution < 1.29 is 42.5 Å². The quantitative estimate of drug-likeness (QED) is 0.236. The minimum Gasteiger partial charge on any atom is -0.748 e. The van der Waals surface area contributed by atoms with E-state index in [-0.39, 0.29) is 35.3 Å². The van der Waals surface area contributed by atoms with Gasteiger partial charge in [-0.15, -0.1) is 0 Å². The summed E-state index contributed by atoms with van der Waals surface area (Å²) in [6, 6.07) is 0. The molecule has 0 saturated carbocycles. The van der Waals surface area contributed by atoms with Gasteiger partial charge >= 0.3 is 29.6 Å². The van der Waals surface area contributed by atoms with Crippen molar-refractivity contribution in [3.05, 3.63) is 0 Å². The molecule has 0 fully saturated rings. The van der Waals surface area contributed by atoms with Crippen molar-refractivity contribution in [2.24, 2.45) is 0 Å². The zero-order valence-electron chi connectivity index (χ0n) is 8.58. The van der Waals surface area contributed by atoms with Gasteiger partial charge in [-0.05, 0) is 6.42 Å². The van der Waals surface area contributed by atoms with Crippen LogP contribution in [0, 0.1) is 0 Å². The summed E-state index contributed by atoms with van der Waals surface area (Å²) >= 11 is 0. The molecule has 0 N–H and O–H groups in total. The van der Waals surface area contributed by atoms with Crippen LogP contribution >= 0.6 is 0 Å². The van der Waals surface area contributed by atoms with Crippen LogP contribution in [0.25, 0.3) is 0 Å². The van der Waals surface area contributed by atoms with E-state index < -0.39 is 10.1 Å². The van der Waals surface area contributed by atoms with Gasteiger partial charge < -0.3 is 4.55 Å². The van der Waals surface area contributed by atoms with E-state index in [0.29, 0.717) is 6.42 Å². The van der Waals surface area contributed by atoms with Gasteiger partial charge in [0.1, 0.15) is 0 Å². The Morgan fingerprint density at radius 3 is 1.92 bits per heavy atom. The Bertz CT molecular complexity index is 190. The van der Waals surface area contributed by atoms with Crippen LogP contribution in [0.4, 0.5) is 0 Å². The van der Waals surface area contributed by atoms with Gasteiger partial charge in [0.15, 0.2) is 0 Å². The van der Waals surface area contributed by atoms with Gasteiger partial charge in [-0.25, -0.2) is 8.42 Å². The third-order valence-corrected chi connectivity index (χ3v) is 2.54. The molecule has 74 valence electrons. The van der Waals surface area contributed by atoms with Gasteiger partial charge in [0, 0.05) is 5.75 Å². The first-order valence-electron chi connectivity index (χ1n) is 4.50. The summed E-state index contributed by atoms with van der Waals surface area (Å²) in [7, 11) is -3.97. The van der Waals surface area contributed by atoms with Gasteiger partial charge in [-0.1, -0.05) is 39.0 Å². The summed E-state index contributed by atoms with van der Waals surface area (Å²) in [4.78, 5) is 0. The second-order valence-corrected chi connectivity index (χ2v) is 4.55. The summed E-state index contributed by atoms with van der Waals surface area (Å²) < 4.78 is 30.5. The minimum absolute atomic E-state index is 0. The van der Waals surface area contributed by atoms with Crippen molar-refractivity contribution in [2.45, 2.75) is 45.4 Å².